The molecule has 4 heterocycles. The summed E-state index contributed by atoms with van der Waals surface area (Å²) in [6.07, 6.45) is 10.6. The van der Waals surface area contributed by atoms with Crippen molar-refractivity contribution in [2.75, 3.05) is 14.7 Å². The Bertz CT molecular complexity index is 4100. The van der Waals surface area contributed by atoms with Crippen LogP contribution < -0.4 is 31.1 Å². The molecule has 0 N–H and O–H groups in total. The third-order valence-electron chi connectivity index (χ3n) is 23.4. The van der Waals surface area contributed by atoms with Gasteiger partial charge in [-0.05, 0) is 211 Å². The van der Waals surface area contributed by atoms with Gasteiger partial charge in [0.2, 0.25) is 0 Å². The number of hydrogen-bond acceptors (Lipinski definition) is 4. The van der Waals surface area contributed by atoms with Crippen LogP contribution in [-0.2, 0) is 43.3 Å². The lowest BCUT2D eigenvalue weighted by molar-refractivity contribution is 0.195. The zero-order chi connectivity index (χ0) is 57.6. The molecule has 0 amide bonds. The largest absolute Gasteiger partial charge is 0.334 e. The summed E-state index contributed by atoms with van der Waals surface area (Å²) in [5, 5.41) is 2.69. The van der Waals surface area contributed by atoms with Crippen LogP contribution in [0.25, 0.3) is 20.2 Å². The van der Waals surface area contributed by atoms with Gasteiger partial charge in [-0.3, -0.25) is 0 Å². The van der Waals surface area contributed by atoms with Crippen LogP contribution in [0.1, 0.15) is 220 Å². The van der Waals surface area contributed by atoms with Crippen molar-refractivity contribution in [3.63, 3.8) is 0 Å². The molecule has 7 aliphatic rings. The van der Waals surface area contributed by atoms with Gasteiger partial charge in [0.25, 0.3) is 6.71 Å². The minimum absolute atomic E-state index is 0.00398. The third-order valence-corrected chi connectivity index (χ3v) is 24.6. The van der Waals surface area contributed by atoms with E-state index < -0.39 is 0 Å². The van der Waals surface area contributed by atoms with Crippen LogP contribution in [0.5, 0.6) is 0 Å². The van der Waals surface area contributed by atoms with Gasteiger partial charge in [-0.25, -0.2) is 0 Å². The molecule has 1 saturated carbocycles. The fraction of sp³-hybridized carbons (Fsp3) is 0.455. The quantitative estimate of drug-likeness (QED) is 0.163. The summed E-state index contributed by atoms with van der Waals surface area (Å²) in [4.78, 5) is 8.47. The molecular weight excluding hydrogens is 1010 g/mol. The molecule has 4 aliphatic carbocycles. The van der Waals surface area contributed by atoms with E-state index >= 15 is 0 Å². The maximum Gasteiger partial charge on any atom is 0.252 e. The maximum atomic E-state index is 2.89. The Kier molecular flexibility index (Phi) is 10.7. The summed E-state index contributed by atoms with van der Waals surface area (Å²) >= 11 is 1.94. The molecule has 8 aromatic rings. The first kappa shape index (κ1) is 53.0. The summed E-state index contributed by atoms with van der Waals surface area (Å²) in [7, 11) is 0. The van der Waals surface area contributed by atoms with Crippen LogP contribution in [0.2, 0.25) is 0 Å². The first-order valence-electron chi connectivity index (χ1n) is 31.6. The van der Waals surface area contributed by atoms with E-state index in [2.05, 4.69) is 248 Å². The Hall–Kier alpha value is -5.78. The highest BCUT2D eigenvalue weighted by Crippen LogP contribution is 2.63. The third kappa shape index (κ3) is 7.13. The minimum Gasteiger partial charge on any atom is -0.334 e. The molecule has 1 fully saturated rings. The lowest BCUT2D eigenvalue weighted by Crippen LogP contribution is -2.62. The second kappa shape index (κ2) is 16.6. The van der Waals surface area contributed by atoms with Crippen LogP contribution in [0.4, 0.5) is 45.5 Å². The van der Waals surface area contributed by atoms with Crippen molar-refractivity contribution >= 4 is 100 Å². The van der Waals surface area contributed by atoms with E-state index in [-0.39, 0.29) is 55.6 Å². The molecule has 15 rings (SSSR count). The molecule has 5 heteroatoms. The molecule has 3 nitrogen and oxygen atoms in total. The van der Waals surface area contributed by atoms with Gasteiger partial charge in [-0.15, -0.1) is 11.3 Å². The van der Waals surface area contributed by atoms with Gasteiger partial charge in [-0.1, -0.05) is 178 Å². The lowest BCUT2D eigenvalue weighted by atomic mass is 9.33. The van der Waals surface area contributed by atoms with Crippen molar-refractivity contribution in [3.8, 4) is 0 Å². The Morgan fingerprint density at radius 3 is 1.54 bits per heavy atom. The number of fused-ring (bicyclic) bond motifs is 13. The topological polar surface area (TPSA) is 9.72 Å². The Morgan fingerprint density at radius 1 is 0.402 bits per heavy atom. The predicted molar refractivity (Wildman–Crippen MR) is 356 cm³/mol. The molecule has 0 saturated heterocycles. The lowest BCUT2D eigenvalue weighted by Gasteiger charge is -2.51. The van der Waals surface area contributed by atoms with Gasteiger partial charge in [0.15, 0.2) is 0 Å². The van der Waals surface area contributed by atoms with E-state index in [4.69, 9.17) is 0 Å². The van der Waals surface area contributed by atoms with Gasteiger partial charge in [0, 0.05) is 71.1 Å². The van der Waals surface area contributed by atoms with Crippen molar-refractivity contribution in [2.24, 2.45) is 0 Å². The fourth-order valence-electron chi connectivity index (χ4n) is 18.4. The fourth-order valence-corrected chi connectivity index (χ4v) is 19.5. The first-order valence-corrected chi connectivity index (χ1v) is 32.4. The number of nitrogens with zero attached hydrogens (tertiary/aromatic N) is 3. The summed E-state index contributed by atoms with van der Waals surface area (Å²) < 4.78 is 2.69. The predicted octanol–water partition coefficient (Wildman–Crippen LogP) is 19.8. The maximum absolute atomic E-state index is 2.89. The smallest absolute Gasteiger partial charge is 0.252 e. The molecule has 0 spiro atoms. The zero-order valence-corrected chi connectivity index (χ0v) is 53.5. The van der Waals surface area contributed by atoms with Gasteiger partial charge >= 0.3 is 0 Å². The van der Waals surface area contributed by atoms with E-state index in [1.807, 2.05) is 11.3 Å². The van der Waals surface area contributed by atoms with E-state index in [9.17, 15) is 0 Å². The average molecular weight is 1100 g/mol. The van der Waals surface area contributed by atoms with Crippen LogP contribution in [0.15, 0.2) is 115 Å². The summed E-state index contributed by atoms with van der Waals surface area (Å²) in [6.45, 7) is 42.6. The molecule has 2 unspecified atom stereocenters. The molecule has 2 atom stereocenters. The number of benzene rings is 7. The molecular formula is C77H88BN3S. The van der Waals surface area contributed by atoms with Crippen LogP contribution in [0, 0.1) is 0 Å². The van der Waals surface area contributed by atoms with Gasteiger partial charge in [0.05, 0.1) is 5.54 Å². The number of hydrogen-bond donors (Lipinski definition) is 0. The van der Waals surface area contributed by atoms with Gasteiger partial charge in [0.1, 0.15) is 0 Å². The highest BCUT2D eigenvalue weighted by Gasteiger charge is 2.59. The number of thiophene rings is 1. The highest BCUT2D eigenvalue weighted by atomic mass is 32.1. The van der Waals surface area contributed by atoms with Gasteiger partial charge < -0.3 is 14.7 Å². The molecule has 7 aromatic carbocycles. The van der Waals surface area contributed by atoms with E-state index in [1.165, 1.54) is 172 Å². The second-order valence-corrected chi connectivity index (χ2v) is 33.6. The summed E-state index contributed by atoms with van der Waals surface area (Å²) in [5.74, 6) is 0. The van der Waals surface area contributed by atoms with Crippen molar-refractivity contribution < 1.29 is 0 Å². The molecule has 420 valence electrons. The van der Waals surface area contributed by atoms with Crippen molar-refractivity contribution in [2.45, 2.75) is 224 Å². The van der Waals surface area contributed by atoms with Crippen LogP contribution in [-0.4, -0.2) is 12.3 Å². The monoisotopic (exact) mass is 1100 g/mol. The number of rotatable bonds is 3. The van der Waals surface area contributed by atoms with Gasteiger partial charge in [-0.2, -0.15) is 0 Å². The van der Waals surface area contributed by atoms with E-state index in [1.54, 1.807) is 0 Å². The Morgan fingerprint density at radius 2 is 0.915 bits per heavy atom. The molecule has 0 bridgehead atoms. The van der Waals surface area contributed by atoms with Crippen molar-refractivity contribution in [1.82, 2.24) is 0 Å². The standard InChI is InChI=1S/C77H88BN3S/c1-69(2,3)46-24-29-61-58(36-46)76(16)30-20-21-31-77(76,17)81(61)49-38-64-68-65(39-49)80(48-25-27-51-50-22-18-19-23-66(50)82-67(51)40-48)63-44-57-55(74(12,13)45-75(57,14)15)42-60(63)78(68)59-41-54-56(73(10,11)35-34-72(54,8)9)43-62(59)79(64)47-26-28-52-53(37-47)71(6,7)33-32-70(52,4)5/h18-19,22-29,36-44H,20-21,30-35,45H2,1-17H3. The normalized spacial score (nSPS) is 24.3. The SMILES string of the molecule is CC(C)(C)c1ccc2c(c1)C1(C)CCCCC1(C)N2c1cc2c3c(c1)N(c1ccc4c(c1)sc1ccccc14)c1cc4c(cc1B3c1cc3c(cc1N2c1ccc2c(c1)C(C)(C)CCC2(C)C)C(C)(C)CCC3(C)C)C(C)(C)CC4(C)C. The molecule has 3 aliphatic heterocycles. The second-order valence-electron chi connectivity index (χ2n) is 32.5. The highest BCUT2D eigenvalue weighted by molar-refractivity contribution is 7.25. The average Bonchev–Trinajstić information content (AvgIpc) is 1.65. The van der Waals surface area contributed by atoms with Crippen LogP contribution >= 0.6 is 11.3 Å². The molecule has 82 heavy (non-hydrogen) atoms. The van der Waals surface area contributed by atoms with Crippen LogP contribution in [0.3, 0.4) is 0 Å². The van der Waals surface area contributed by atoms with Crippen molar-refractivity contribution in [1.29, 1.82) is 0 Å². The molecule has 1 aromatic heterocycles. The minimum atomic E-state index is -0.151. The molecule has 0 radical (unpaired) electrons. The van der Waals surface area contributed by atoms with E-state index in [0.29, 0.717) is 0 Å². The number of anilines is 8. The zero-order valence-electron chi connectivity index (χ0n) is 52.7. The summed E-state index contributed by atoms with van der Waals surface area (Å²) in [6, 6.07) is 48.2. The Labute approximate surface area is 496 Å². The van der Waals surface area contributed by atoms with Crippen molar-refractivity contribution in [3.05, 3.63) is 160 Å². The Balaban J connectivity index is 1.11. The summed E-state index contributed by atoms with van der Waals surface area (Å²) in [5.41, 5.74) is 27.0. The van der Waals surface area contributed by atoms with E-state index in [0.717, 1.165) is 12.8 Å². The first-order chi connectivity index (χ1) is 38.4.